The highest BCUT2D eigenvalue weighted by Crippen LogP contribution is 2.56. The fraction of sp³-hybridized carbons (Fsp3) is 0. The van der Waals surface area contributed by atoms with Gasteiger partial charge in [0.1, 0.15) is 9.81 Å². The third-order valence-corrected chi connectivity index (χ3v) is 6.78. The summed E-state index contributed by atoms with van der Waals surface area (Å²) in [5, 5.41) is 21.5. The lowest BCUT2D eigenvalue weighted by molar-refractivity contribution is -0.134. The lowest BCUT2D eigenvalue weighted by atomic mass is 10.5. The normalized spacial score (nSPS) is 19.8. The van der Waals surface area contributed by atoms with Crippen LogP contribution in [0.3, 0.4) is 0 Å². The second-order valence-electron chi connectivity index (χ2n) is 2.56. The lowest BCUT2D eigenvalue weighted by Crippen LogP contribution is -2.03. The van der Waals surface area contributed by atoms with Gasteiger partial charge in [0.25, 0.3) is 0 Å². The molecule has 16 heavy (non-hydrogen) atoms. The van der Waals surface area contributed by atoms with Gasteiger partial charge in [0.2, 0.25) is 0 Å². The highest BCUT2D eigenvalue weighted by molar-refractivity contribution is 8.34. The molecule has 0 atom stereocenters. The first kappa shape index (κ1) is 12.0. The van der Waals surface area contributed by atoms with Crippen LogP contribution in [0, 0.1) is 0 Å². The molecule has 0 saturated carbocycles. The molecule has 8 heteroatoms. The number of hydrogen-bond donors (Lipinski definition) is 2. The summed E-state index contributed by atoms with van der Waals surface area (Å²) in [6.45, 7) is 0. The summed E-state index contributed by atoms with van der Waals surface area (Å²) < 4.78 is 1.67. The number of rotatable bonds is 2. The zero-order valence-corrected chi connectivity index (χ0v) is 10.8. The van der Waals surface area contributed by atoms with Crippen molar-refractivity contribution in [1.82, 2.24) is 0 Å². The highest BCUT2D eigenvalue weighted by atomic mass is 32.2. The maximum atomic E-state index is 10.9. The van der Waals surface area contributed by atoms with Crippen molar-refractivity contribution in [3.05, 3.63) is 29.1 Å². The molecule has 0 aromatic heterocycles. The molecule has 2 aliphatic heterocycles. The van der Waals surface area contributed by atoms with Gasteiger partial charge in [-0.05, 0) is 10.8 Å². The van der Waals surface area contributed by atoms with Gasteiger partial charge < -0.3 is 10.2 Å². The number of hydrogen-bond acceptors (Lipinski definition) is 6. The molecule has 0 aromatic carbocycles. The standard InChI is InChI=1S/C8H4O4S4/c9-5(10)3-4(6(11)12)16-8(15-3)7-13-1-2-14-7/h1-2H,(H,9,10)(H,11,12). The Morgan fingerprint density at radius 1 is 0.875 bits per heavy atom. The fourth-order valence-electron chi connectivity index (χ4n) is 0.967. The summed E-state index contributed by atoms with van der Waals surface area (Å²) in [6.07, 6.45) is 0. The highest BCUT2D eigenvalue weighted by Gasteiger charge is 2.32. The third kappa shape index (κ3) is 2.29. The van der Waals surface area contributed by atoms with Gasteiger partial charge in [-0.2, -0.15) is 0 Å². The van der Waals surface area contributed by atoms with Gasteiger partial charge in [-0.1, -0.05) is 47.0 Å². The second-order valence-corrected chi connectivity index (χ2v) is 6.95. The van der Waals surface area contributed by atoms with Crippen LogP contribution in [-0.4, -0.2) is 22.2 Å². The van der Waals surface area contributed by atoms with E-state index in [0.29, 0.717) is 0 Å². The molecule has 0 unspecified atom stereocenters. The van der Waals surface area contributed by atoms with E-state index >= 15 is 0 Å². The van der Waals surface area contributed by atoms with Crippen molar-refractivity contribution in [2.24, 2.45) is 0 Å². The van der Waals surface area contributed by atoms with E-state index in [4.69, 9.17) is 10.2 Å². The van der Waals surface area contributed by atoms with Gasteiger partial charge in [-0.25, -0.2) is 9.59 Å². The van der Waals surface area contributed by atoms with Crippen LogP contribution < -0.4 is 0 Å². The number of thioether (sulfide) groups is 4. The van der Waals surface area contributed by atoms with Crippen molar-refractivity contribution in [3.63, 3.8) is 0 Å². The van der Waals surface area contributed by atoms with E-state index in [-0.39, 0.29) is 9.81 Å². The van der Waals surface area contributed by atoms with E-state index in [0.717, 1.165) is 32.0 Å². The van der Waals surface area contributed by atoms with E-state index in [9.17, 15) is 9.59 Å². The maximum Gasteiger partial charge on any atom is 0.344 e. The molecule has 0 saturated heterocycles. The van der Waals surface area contributed by atoms with Gasteiger partial charge >= 0.3 is 11.9 Å². The fourth-order valence-corrected chi connectivity index (χ4v) is 5.47. The van der Waals surface area contributed by atoms with E-state index in [1.165, 1.54) is 23.5 Å². The summed E-state index contributed by atoms with van der Waals surface area (Å²) in [6, 6.07) is 0. The molecular weight excluding hydrogens is 288 g/mol. The summed E-state index contributed by atoms with van der Waals surface area (Å²) in [5.41, 5.74) is 0. The first-order valence-corrected chi connectivity index (χ1v) is 7.28. The molecule has 0 aliphatic carbocycles. The van der Waals surface area contributed by atoms with Crippen LogP contribution in [0.2, 0.25) is 0 Å². The number of carboxylic acid groups (broad SMARTS) is 2. The predicted molar refractivity (Wildman–Crippen MR) is 68.8 cm³/mol. The quantitative estimate of drug-likeness (QED) is 0.804. The molecule has 0 fully saturated rings. The van der Waals surface area contributed by atoms with E-state index in [1.54, 1.807) is 0 Å². The van der Waals surface area contributed by atoms with Gasteiger partial charge in [0.15, 0.2) is 0 Å². The van der Waals surface area contributed by atoms with E-state index in [2.05, 4.69) is 0 Å². The predicted octanol–water partition coefficient (Wildman–Crippen LogP) is 2.93. The van der Waals surface area contributed by atoms with Crippen LogP contribution in [0.1, 0.15) is 0 Å². The smallest absolute Gasteiger partial charge is 0.344 e. The zero-order chi connectivity index (χ0) is 11.7. The SMILES string of the molecule is O=C(O)C1=C(C(=O)O)SC(=C2SC=CS2)S1. The number of aliphatic carboxylic acids is 2. The van der Waals surface area contributed by atoms with Crippen LogP contribution >= 0.6 is 47.0 Å². The van der Waals surface area contributed by atoms with Crippen molar-refractivity contribution in [2.75, 3.05) is 0 Å². The van der Waals surface area contributed by atoms with Crippen molar-refractivity contribution in [1.29, 1.82) is 0 Å². The Morgan fingerprint density at radius 2 is 1.31 bits per heavy atom. The van der Waals surface area contributed by atoms with Crippen molar-refractivity contribution in [3.8, 4) is 0 Å². The second kappa shape index (κ2) is 4.82. The first-order valence-electron chi connectivity index (χ1n) is 3.88. The zero-order valence-electron chi connectivity index (χ0n) is 7.50. The Bertz CT molecular complexity index is 425. The Balaban J connectivity index is 2.29. The van der Waals surface area contributed by atoms with Crippen LogP contribution in [-0.2, 0) is 9.59 Å². The summed E-state index contributed by atoms with van der Waals surface area (Å²) in [7, 11) is 0. The molecular formula is C8H4O4S4. The van der Waals surface area contributed by atoms with E-state index < -0.39 is 11.9 Å². The molecule has 0 aromatic rings. The molecule has 4 nitrogen and oxygen atoms in total. The molecule has 2 heterocycles. The van der Waals surface area contributed by atoms with Crippen LogP contribution in [0.15, 0.2) is 29.1 Å². The minimum atomic E-state index is -1.19. The molecule has 0 bridgehead atoms. The maximum absolute atomic E-state index is 10.9. The van der Waals surface area contributed by atoms with Gasteiger partial charge in [-0.15, -0.1) is 0 Å². The Labute approximate surface area is 108 Å². The van der Waals surface area contributed by atoms with Gasteiger partial charge in [-0.3, -0.25) is 0 Å². The van der Waals surface area contributed by atoms with Crippen LogP contribution in [0.25, 0.3) is 0 Å². The summed E-state index contributed by atoms with van der Waals surface area (Å²) in [4.78, 5) is 21.5. The first-order chi connectivity index (χ1) is 7.59. The minimum absolute atomic E-state index is 0.104. The molecule has 2 N–H and O–H groups in total. The summed E-state index contributed by atoms with van der Waals surface area (Å²) >= 11 is 4.98. The molecule has 2 aliphatic rings. The topological polar surface area (TPSA) is 74.6 Å². The molecule has 2 rings (SSSR count). The Morgan fingerprint density at radius 3 is 1.69 bits per heavy atom. The third-order valence-electron chi connectivity index (χ3n) is 1.56. The van der Waals surface area contributed by atoms with Gasteiger partial charge in [0.05, 0.1) is 8.47 Å². The Hall–Kier alpha value is -0.440. The van der Waals surface area contributed by atoms with Crippen LogP contribution in [0.4, 0.5) is 0 Å². The molecule has 0 amide bonds. The average Bonchev–Trinajstić information content (AvgIpc) is 2.86. The van der Waals surface area contributed by atoms with Crippen molar-refractivity contribution >= 4 is 59.0 Å². The summed E-state index contributed by atoms with van der Waals surface area (Å²) in [5.74, 6) is -2.38. The van der Waals surface area contributed by atoms with E-state index in [1.807, 2.05) is 10.8 Å². The largest absolute Gasteiger partial charge is 0.477 e. The number of carbonyl (C=O) groups is 2. The van der Waals surface area contributed by atoms with Crippen LogP contribution in [0.5, 0.6) is 0 Å². The average molecular weight is 292 g/mol. The van der Waals surface area contributed by atoms with Crippen molar-refractivity contribution in [2.45, 2.75) is 0 Å². The minimum Gasteiger partial charge on any atom is -0.477 e. The van der Waals surface area contributed by atoms with Crippen molar-refractivity contribution < 1.29 is 19.8 Å². The molecule has 0 radical (unpaired) electrons. The monoisotopic (exact) mass is 292 g/mol. The Kier molecular flexibility index (Phi) is 3.63. The number of carboxylic acids is 2. The molecule has 0 spiro atoms. The lowest BCUT2D eigenvalue weighted by Gasteiger charge is -1.99. The molecule has 84 valence electrons. The van der Waals surface area contributed by atoms with Gasteiger partial charge in [0, 0.05) is 0 Å².